The first-order valence-electron chi connectivity index (χ1n) is 8.32. The minimum absolute atomic E-state index is 0.121. The summed E-state index contributed by atoms with van der Waals surface area (Å²) < 4.78 is 20.5. The number of carbonyl (C=O) groups is 1. The molecule has 3 heterocycles. The second-order valence-corrected chi connectivity index (χ2v) is 7.26. The van der Waals surface area contributed by atoms with Crippen LogP contribution in [0.3, 0.4) is 0 Å². The molecule has 2 atom stereocenters. The van der Waals surface area contributed by atoms with E-state index in [1.165, 1.54) is 6.07 Å². The molecule has 0 spiro atoms. The second kappa shape index (κ2) is 5.77. The number of hydrogen-bond acceptors (Lipinski definition) is 5. The SMILES string of the molecule is CN1CC2(CN3CCc4cc(C(=O)NO)cc(F)c4C3)CC1CO2. The predicted octanol–water partition coefficient (Wildman–Crippen LogP) is 0.776. The van der Waals surface area contributed by atoms with E-state index >= 15 is 0 Å². The predicted molar refractivity (Wildman–Crippen MR) is 84.4 cm³/mol. The first kappa shape index (κ1) is 16.0. The highest BCUT2D eigenvalue weighted by atomic mass is 19.1. The summed E-state index contributed by atoms with van der Waals surface area (Å²) in [5.74, 6) is -1.07. The normalized spacial score (nSPS) is 29.7. The molecule has 2 saturated heterocycles. The molecular weight excluding hydrogens is 313 g/mol. The minimum Gasteiger partial charge on any atom is -0.371 e. The molecular formula is C17H22FN3O3. The van der Waals surface area contributed by atoms with Gasteiger partial charge in [0.1, 0.15) is 5.82 Å². The number of halogens is 1. The Kier molecular flexibility index (Phi) is 3.84. The number of nitrogens with zero attached hydrogens (tertiary/aromatic N) is 2. The fourth-order valence-corrected chi connectivity index (χ4v) is 4.37. The summed E-state index contributed by atoms with van der Waals surface area (Å²) in [5.41, 5.74) is 3.08. The monoisotopic (exact) mass is 335 g/mol. The van der Waals surface area contributed by atoms with E-state index in [9.17, 15) is 9.18 Å². The molecule has 2 N–H and O–H groups in total. The van der Waals surface area contributed by atoms with E-state index in [-0.39, 0.29) is 17.0 Å². The topological polar surface area (TPSA) is 65.0 Å². The number of rotatable bonds is 3. The molecule has 1 amide bonds. The van der Waals surface area contributed by atoms with Crippen molar-refractivity contribution in [1.82, 2.24) is 15.3 Å². The summed E-state index contributed by atoms with van der Waals surface area (Å²) in [5, 5.41) is 8.72. The lowest BCUT2D eigenvalue weighted by Crippen LogP contribution is -2.49. The van der Waals surface area contributed by atoms with Gasteiger partial charge in [-0.25, -0.2) is 9.87 Å². The fourth-order valence-electron chi connectivity index (χ4n) is 4.37. The van der Waals surface area contributed by atoms with Gasteiger partial charge in [0.2, 0.25) is 0 Å². The van der Waals surface area contributed by atoms with Crippen molar-refractivity contribution in [2.24, 2.45) is 0 Å². The maximum Gasteiger partial charge on any atom is 0.274 e. The number of hydroxylamine groups is 1. The van der Waals surface area contributed by atoms with Crippen LogP contribution in [0.1, 0.15) is 27.9 Å². The molecule has 2 fully saturated rings. The van der Waals surface area contributed by atoms with Crippen LogP contribution in [-0.2, 0) is 17.7 Å². The maximum atomic E-state index is 14.4. The van der Waals surface area contributed by atoms with Gasteiger partial charge >= 0.3 is 0 Å². The molecule has 4 rings (SSSR count). The standard InChI is InChI=1S/C17H22FN3O3/c1-20-9-17(6-13(20)8-24-17)10-21-3-2-11-4-12(16(22)19-23)5-15(18)14(11)7-21/h4-5,13,23H,2-3,6-10H2,1H3,(H,19,22). The number of amides is 1. The van der Waals surface area contributed by atoms with Crippen LogP contribution < -0.4 is 5.48 Å². The van der Waals surface area contributed by atoms with Crippen molar-refractivity contribution in [2.75, 3.05) is 33.3 Å². The van der Waals surface area contributed by atoms with Gasteiger partial charge in [0.25, 0.3) is 5.91 Å². The Labute approximate surface area is 140 Å². The molecule has 3 aliphatic rings. The summed E-state index contributed by atoms with van der Waals surface area (Å²) in [6.45, 7) is 3.87. The Balaban J connectivity index is 1.51. The lowest BCUT2D eigenvalue weighted by molar-refractivity contribution is -0.0587. The molecule has 7 heteroatoms. The molecule has 130 valence electrons. The smallest absolute Gasteiger partial charge is 0.274 e. The summed E-state index contributed by atoms with van der Waals surface area (Å²) in [6, 6.07) is 3.38. The van der Waals surface area contributed by atoms with Gasteiger partial charge in [-0.1, -0.05) is 0 Å². The van der Waals surface area contributed by atoms with Crippen LogP contribution in [0.5, 0.6) is 0 Å². The van der Waals surface area contributed by atoms with Crippen LogP contribution >= 0.6 is 0 Å². The van der Waals surface area contributed by atoms with Crippen molar-refractivity contribution in [3.8, 4) is 0 Å². The zero-order valence-corrected chi connectivity index (χ0v) is 13.7. The van der Waals surface area contributed by atoms with Crippen LogP contribution in [0.2, 0.25) is 0 Å². The largest absolute Gasteiger partial charge is 0.371 e. The van der Waals surface area contributed by atoms with Gasteiger partial charge in [0.15, 0.2) is 0 Å². The summed E-state index contributed by atoms with van der Waals surface area (Å²) in [7, 11) is 2.13. The number of hydrogen-bond donors (Lipinski definition) is 2. The molecule has 1 aromatic rings. The van der Waals surface area contributed by atoms with Crippen LogP contribution in [0, 0.1) is 5.82 Å². The minimum atomic E-state index is -0.683. The number of carbonyl (C=O) groups excluding carboxylic acids is 1. The third kappa shape index (κ3) is 2.61. The third-order valence-electron chi connectivity index (χ3n) is 5.59. The van der Waals surface area contributed by atoms with E-state index in [2.05, 4.69) is 16.8 Å². The lowest BCUT2D eigenvalue weighted by atomic mass is 9.94. The molecule has 2 bridgehead atoms. The quantitative estimate of drug-likeness (QED) is 0.631. The summed E-state index contributed by atoms with van der Waals surface area (Å²) in [6.07, 6.45) is 1.74. The van der Waals surface area contributed by atoms with Crippen LogP contribution in [0.4, 0.5) is 4.39 Å². The van der Waals surface area contributed by atoms with Gasteiger partial charge < -0.3 is 4.74 Å². The third-order valence-corrected chi connectivity index (χ3v) is 5.59. The van der Waals surface area contributed by atoms with E-state index < -0.39 is 5.91 Å². The Morgan fingerprint density at radius 2 is 2.38 bits per heavy atom. The first-order chi connectivity index (χ1) is 11.5. The van der Waals surface area contributed by atoms with Crippen molar-refractivity contribution < 1.29 is 19.1 Å². The van der Waals surface area contributed by atoms with Gasteiger partial charge in [-0.2, -0.15) is 0 Å². The molecule has 0 radical (unpaired) electrons. The zero-order valence-electron chi connectivity index (χ0n) is 13.7. The summed E-state index contributed by atoms with van der Waals surface area (Å²) >= 11 is 0. The Hall–Kier alpha value is -1.54. The highest BCUT2D eigenvalue weighted by Gasteiger charge is 2.50. The van der Waals surface area contributed by atoms with Gasteiger partial charge in [0.05, 0.1) is 12.2 Å². The average molecular weight is 335 g/mol. The lowest BCUT2D eigenvalue weighted by Gasteiger charge is -2.37. The zero-order chi connectivity index (χ0) is 16.9. The molecule has 0 aliphatic carbocycles. The van der Waals surface area contributed by atoms with Crippen molar-refractivity contribution >= 4 is 5.91 Å². The highest BCUT2D eigenvalue weighted by molar-refractivity contribution is 5.93. The fraction of sp³-hybridized carbons (Fsp3) is 0.588. The Bertz CT molecular complexity index is 679. The molecule has 0 aromatic heterocycles. The van der Waals surface area contributed by atoms with E-state index in [0.29, 0.717) is 24.6 Å². The molecule has 2 unspecified atom stereocenters. The van der Waals surface area contributed by atoms with E-state index in [1.807, 2.05) is 0 Å². The molecule has 1 aromatic carbocycles. The number of ether oxygens (including phenoxy) is 1. The van der Waals surface area contributed by atoms with E-state index in [4.69, 9.17) is 9.94 Å². The highest BCUT2D eigenvalue weighted by Crippen LogP contribution is 2.38. The van der Waals surface area contributed by atoms with Crippen molar-refractivity contribution in [3.63, 3.8) is 0 Å². The maximum absolute atomic E-state index is 14.4. The van der Waals surface area contributed by atoms with Crippen LogP contribution in [0.15, 0.2) is 12.1 Å². The van der Waals surface area contributed by atoms with Crippen molar-refractivity contribution in [2.45, 2.75) is 31.0 Å². The molecule has 24 heavy (non-hydrogen) atoms. The molecule has 0 saturated carbocycles. The number of likely N-dealkylation sites (N-methyl/N-ethyl adjacent to an activating group) is 1. The van der Waals surface area contributed by atoms with Crippen molar-refractivity contribution in [3.05, 3.63) is 34.6 Å². The number of nitrogens with one attached hydrogen (secondary N) is 1. The van der Waals surface area contributed by atoms with Gasteiger partial charge in [-0.3, -0.25) is 19.8 Å². The van der Waals surface area contributed by atoms with Gasteiger partial charge in [-0.15, -0.1) is 0 Å². The summed E-state index contributed by atoms with van der Waals surface area (Å²) in [4.78, 5) is 16.1. The van der Waals surface area contributed by atoms with Gasteiger partial charge in [-0.05, 0) is 37.6 Å². The van der Waals surface area contributed by atoms with Crippen molar-refractivity contribution in [1.29, 1.82) is 0 Å². The molecule has 6 nitrogen and oxygen atoms in total. The Morgan fingerprint density at radius 3 is 3.04 bits per heavy atom. The number of morpholine rings is 1. The number of benzene rings is 1. The first-order valence-corrected chi connectivity index (χ1v) is 8.32. The van der Waals surface area contributed by atoms with Crippen LogP contribution in [0.25, 0.3) is 0 Å². The van der Waals surface area contributed by atoms with E-state index in [1.54, 1.807) is 11.5 Å². The number of likely N-dealkylation sites (tertiary alicyclic amines) is 1. The second-order valence-electron chi connectivity index (χ2n) is 7.26. The van der Waals surface area contributed by atoms with Crippen LogP contribution in [-0.4, -0.2) is 65.8 Å². The number of fused-ring (bicyclic) bond motifs is 3. The average Bonchev–Trinajstić information content (AvgIpc) is 3.11. The Morgan fingerprint density at radius 1 is 1.54 bits per heavy atom. The molecule has 3 aliphatic heterocycles. The van der Waals surface area contributed by atoms with E-state index in [0.717, 1.165) is 38.2 Å². The van der Waals surface area contributed by atoms with Gasteiger partial charge in [0, 0.05) is 43.3 Å².